The molecule has 34 heavy (non-hydrogen) atoms. The summed E-state index contributed by atoms with van der Waals surface area (Å²) in [5.74, 6) is -0.465. The molecule has 0 saturated carbocycles. The van der Waals surface area contributed by atoms with Crippen LogP contribution in [0.1, 0.15) is 26.2 Å². The largest absolute Gasteiger partial charge is 0.435 e. The zero-order chi connectivity index (χ0) is 24.0. The molecule has 4 rings (SSSR count). The van der Waals surface area contributed by atoms with Crippen LogP contribution in [0.5, 0.6) is 11.6 Å². The van der Waals surface area contributed by atoms with Crippen molar-refractivity contribution < 1.29 is 17.5 Å². The Hall–Kier alpha value is -3.31. The molecule has 3 N–H and O–H groups in total. The van der Waals surface area contributed by atoms with Gasteiger partial charge >= 0.3 is 0 Å². The third-order valence-corrected chi connectivity index (χ3v) is 6.72. The minimum absolute atomic E-state index is 0.108. The van der Waals surface area contributed by atoms with Gasteiger partial charge in [0.2, 0.25) is 21.9 Å². The van der Waals surface area contributed by atoms with E-state index in [-0.39, 0.29) is 29.1 Å². The predicted octanol–water partition coefficient (Wildman–Crippen LogP) is 3.79. The van der Waals surface area contributed by atoms with Crippen LogP contribution in [0.2, 0.25) is 0 Å². The molecule has 1 aliphatic rings. The second-order valence-electron chi connectivity index (χ2n) is 7.95. The topological polar surface area (TPSA) is 118 Å². The number of nitrogens with one attached hydrogen (secondary N) is 3. The Balaban J connectivity index is 1.58. The van der Waals surface area contributed by atoms with Gasteiger partial charge in [0.25, 0.3) is 0 Å². The van der Waals surface area contributed by atoms with Gasteiger partial charge in [0.15, 0.2) is 11.6 Å². The lowest BCUT2D eigenvalue weighted by Gasteiger charge is -2.23. The second-order valence-corrected chi connectivity index (χ2v) is 9.79. The van der Waals surface area contributed by atoms with Crippen molar-refractivity contribution in [1.29, 1.82) is 0 Å². The monoisotopic (exact) mass is 486 g/mol. The highest BCUT2D eigenvalue weighted by molar-refractivity contribution is 7.92. The van der Waals surface area contributed by atoms with E-state index in [1.54, 1.807) is 31.3 Å². The first-order valence-corrected chi connectivity index (χ1v) is 12.8. The van der Waals surface area contributed by atoms with E-state index in [2.05, 4.69) is 30.3 Å². The summed E-state index contributed by atoms with van der Waals surface area (Å²) in [4.78, 5) is 13.2. The van der Waals surface area contributed by atoms with Crippen molar-refractivity contribution in [2.24, 2.45) is 0 Å². The first-order chi connectivity index (χ1) is 16.4. The van der Waals surface area contributed by atoms with Crippen LogP contribution in [0.3, 0.4) is 0 Å². The van der Waals surface area contributed by atoms with Gasteiger partial charge in [-0.3, -0.25) is 4.72 Å². The number of ether oxygens (including phenoxy) is 1. The summed E-state index contributed by atoms with van der Waals surface area (Å²) >= 11 is 0. The van der Waals surface area contributed by atoms with Gasteiger partial charge < -0.3 is 15.4 Å². The molecule has 3 aromatic rings. The molecule has 1 fully saturated rings. The normalized spacial score (nSPS) is 16.1. The fourth-order valence-corrected chi connectivity index (χ4v) is 4.80. The summed E-state index contributed by atoms with van der Waals surface area (Å²) in [5.41, 5.74) is 0.925. The van der Waals surface area contributed by atoms with Crippen molar-refractivity contribution in [1.82, 2.24) is 20.3 Å². The van der Waals surface area contributed by atoms with E-state index in [9.17, 15) is 8.42 Å². The molecular weight excluding hydrogens is 459 g/mol. The molecule has 11 heteroatoms. The number of nitrogens with zero attached hydrogens (tertiary/aromatic N) is 3. The number of halogens is 1. The van der Waals surface area contributed by atoms with Crippen LogP contribution in [-0.4, -0.2) is 48.3 Å². The van der Waals surface area contributed by atoms with Crippen LogP contribution >= 0.6 is 0 Å². The Morgan fingerprint density at radius 2 is 2.06 bits per heavy atom. The summed E-state index contributed by atoms with van der Waals surface area (Å²) in [6.45, 7) is 3.58. The van der Waals surface area contributed by atoms with Crippen LogP contribution in [0.15, 0.2) is 48.8 Å². The predicted molar refractivity (Wildman–Crippen MR) is 129 cm³/mol. The molecule has 0 spiro atoms. The number of pyridine rings is 1. The summed E-state index contributed by atoms with van der Waals surface area (Å²) < 4.78 is 47.3. The van der Waals surface area contributed by atoms with Gasteiger partial charge in [-0.2, -0.15) is 0 Å². The summed E-state index contributed by atoms with van der Waals surface area (Å²) in [6, 6.07) is 9.72. The van der Waals surface area contributed by atoms with Gasteiger partial charge in [-0.1, -0.05) is 13.0 Å². The minimum atomic E-state index is -3.65. The maximum Gasteiger partial charge on any atom is 0.232 e. The number of benzene rings is 1. The van der Waals surface area contributed by atoms with Gasteiger partial charge in [0.1, 0.15) is 0 Å². The standard InChI is InChI=1S/C23H27FN6O3S/c1-2-14-34(31,32)30-19-8-3-9-20(21(19)24)33-22-17(7-5-12-26-22)18-10-13-27-23(29-18)28-16-6-4-11-25-15-16/h3,5,7-10,12-13,16,25,30H,2,4,6,11,14-15H2,1H3,(H,27,28,29). The molecule has 2 aromatic heterocycles. The molecule has 1 aromatic carbocycles. The molecule has 1 atom stereocenters. The number of hydrogen-bond acceptors (Lipinski definition) is 8. The number of rotatable bonds is 9. The Morgan fingerprint density at radius 1 is 1.18 bits per heavy atom. The van der Waals surface area contributed by atoms with Gasteiger partial charge in [-0.25, -0.2) is 27.8 Å². The average Bonchev–Trinajstić information content (AvgIpc) is 2.83. The van der Waals surface area contributed by atoms with E-state index in [0.29, 0.717) is 23.6 Å². The van der Waals surface area contributed by atoms with E-state index in [0.717, 1.165) is 25.9 Å². The summed E-state index contributed by atoms with van der Waals surface area (Å²) in [7, 11) is -3.65. The Kier molecular flexibility index (Phi) is 7.53. The van der Waals surface area contributed by atoms with Gasteiger partial charge in [0.05, 0.1) is 22.7 Å². The highest BCUT2D eigenvalue weighted by atomic mass is 32.2. The minimum Gasteiger partial charge on any atom is -0.435 e. The maximum atomic E-state index is 15.1. The third-order valence-electron chi connectivity index (χ3n) is 5.24. The molecule has 0 aliphatic carbocycles. The molecule has 3 heterocycles. The van der Waals surface area contributed by atoms with E-state index < -0.39 is 15.8 Å². The van der Waals surface area contributed by atoms with Crippen LogP contribution in [0.25, 0.3) is 11.3 Å². The molecule has 0 bridgehead atoms. The summed E-state index contributed by atoms with van der Waals surface area (Å²) in [6.07, 6.45) is 5.69. The zero-order valence-electron chi connectivity index (χ0n) is 18.8. The van der Waals surface area contributed by atoms with Gasteiger partial charge in [0, 0.05) is 25.0 Å². The highest BCUT2D eigenvalue weighted by Gasteiger charge is 2.19. The number of hydrogen-bond donors (Lipinski definition) is 3. The van der Waals surface area contributed by atoms with E-state index >= 15 is 4.39 Å². The van der Waals surface area contributed by atoms with Crippen molar-refractivity contribution in [3.8, 4) is 22.9 Å². The number of sulfonamides is 1. The average molecular weight is 487 g/mol. The van der Waals surface area contributed by atoms with Crippen molar-refractivity contribution in [2.75, 3.05) is 28.9 Å². The maximum absolute atomic E-state index is 15.1. The lowest BCUT2D eigenvalue weighted by molar-refractivity contribution is 0.430. The first-order valence-electron chi connectivity index (χ1n) is 11.2. The van der Waals surface area contributed by atoms with E-state index in [1.807, 2.05) is 0 Å². The second kappa shape index (κ2) is 10.7. The lowest BCUT2D eigenvalue weighted by atomic mass is 10.1. The molecule has 1 aliphatic heterocycles. The molecular formula is C23H27FN6O3S. The fraction of sp³-hybridized carbons (Fsp3) is 0.348. The molecule has 1 saturated heterocycles. The zero-order valence-corrected chi connectivity index (χ0v) is 19.6. The molecule has 0 amide bonds. The van der Waals surface area contributed by atoms with E-state index in [4.69, 9.17) is 4.74 Å². The van der Waals surface area contributed by atoms with Crippen molar-refractivity contribution in [3.05, 3.63) is 54.6 Å². The van der Waals surface area contributed by atoms with Crippen LogP contribution < -0.4 is 20.1 Å². The number of piperidine rings is 1. The third kappa shape index (κ3) is 5.97. The molecule has 0 radical (unpaired) electrons. The summed E-state index contributed by atoms with van der Waals surface area (Å²) in [5, 5.41) is 6.68. The van der Waals surface area contributed by atoms with Crippen LogP contribution in [-0.2, 0) is 10.0 Å². The molecule has 9 nitrogen and oxygen atoms in total. The molecule has 1 unspecified atom stereocenters. The van der Waals surface area contributed by atoms with Crippen molar-refractivity contribution in [2.45, 2.75) is 32.2 Å². The van der Waals surface area contributed by atoms with Crippen LogP contribution in [0, 0.1) is 5.82 Å². The van der Waals surface area contributed by atoms with Crippen molar-refractivity contribution in [3.63, 3.8) is 0 Å². The van der Waals surface area contributed by atoms with E-state index in [1.165, 1.54) is 24.4 Å². The first kappa shape index (κ1) is 23.8. The van der Waals surface area contributed by atoms with Crippen LogP contribution in [0.4, 0.5) is 16.0 Å². The fourth-order valence-electron chi connectivity index (χ4n) is 3.66. The number of anilines is 2. The Labute approximate surface area is 198 Å². The smallest absolute Gasteiger partial charge is 0.232 e. The highest BCUT2D eigenvalue weighted by Crippen LogP contribution is 2.34. The molecule has 180 valence electrons. The Morgan fingerprint density at radius 3 is 2.85 bits per heavy atom. The van der Waals surface area contributed by atoms with Gasteiger partial charge in [-0.15, -0.1) is 0 Å². The SMILES string of the molecule is CCCS(=O)(=O)Nc1cccc(Oc2ncccc2-c2ccnc(NC3CCCNC3)n2)c1F. The Bertz CT molecular complexity index is 1230. The lowest BCUT2D eigenvalue weighted by Crippen LogP contribution is -2.38. The van der Waals surface area contributed by atoms with Gasteiger partial charge in [-0.05, 0) is 56.1 Å². The van der Waals surface area contributed by atoms with Crippen molar-refractivity contribution >= 4 is 21.7 Å². The number of aromatic nitrogens is 3. The quantitative estimate of drug-likeness (QED) is 0.418.